The summed E-state index contributed by atoms with van der Waals surface area (Å²) in [6.07, 6.45) is 68.2. The molecule has 0 bridgehead atoms. The first-order valence-corrected chi connectivity index (χ1v) is 29.1. The Morgan fingerprint density at radius 3 is 0.925 bits per heavy atom. The molecule has 0 aliphatic carbocycles. The molecule has 0 N–H and O–H groups in total. The monoisotopic (exact) mass is 939 g/mol. The number of carbonyl (C=O) groups excluding carboxylic acids is 3. The van der Waals surface area contributed by atoms with Crippen molar-refractivity contribution in [1.82, 2.24) is 0 Å². The summed E-state index contributed by atoms with van der Waals surface area (Å²) < 4.78 is 16.9. The lowest BCUT2D eigenvalue weighted by Crippen LogP contribution is -2.30. The van der Waals surface area contributed by atoms with E-state index in [2.05, 4.69) is 69.4 Å². The molecular formula is C61H110O6. The Hall–Kier alpha value is -2.63. The Morgan fingerprint density at radius 1 is 0.313 bits per heavy atom. The van der Waals surface area contributed by atoms with Gasteiger partial charge in [0.2, 0.25) is 0 Å². The first-order valence-electron chi connectivity index (χ1n) is 29.1. The van der Waals surface area contributed by atoms with Crippen LogP contribution in [0.1, 0.15) is 303 Å². The van der Waals surface area contributed by atoms with E-state index in [0.717, 1.165) is 103 Å². The van der Waals surface area contributed by atoms with Crippen LogP contribution >= 0.6 is 0 Å². The van der Waals surface area contributed by atoms with E-state index in [1.807, 2.05) is 0 Å². The van der Waals surface area contributed by atoms with Crippen LogP contribution in [0.15, 0.2) is 48.6 Å². The maximum absolute atomic E-state index is 12.8. The van der Waals surface area contributed by atoms with Crippen molar-refractivity contribution >= 4 is 17.9 Å². The average Bonchev–Trinajstić information content (AvgIpc) is 3.33. The molecule has 0 aromatic heterocycles. The van der Waals surface area contributed by atoms with E-state index in [9.17, 15) is 14.4 Å². The summed E-state index contributed by atoms with van der Waals surface area (Å²) in [6, 6.07) is 0. The van der Waals surface area contributed by atoms with E-state index in [4.69, 9.17) is 14.2 Å². The third kappa shape index (κ3) is 54.2. The molecule has 0 aromatic rings. The molecule has 0 aromatic carbocycles. The summed E-state index contributed by atoms with van der Waals surface area (Å²) in [5.41, 5.74) is 0. The fourth-order valence-electron chi connectivity index (χ4n) is 8.45. The summed E-state index contributed by atoms with van der Waals surface area (Å²) in [6.45, 7) is 6.54. The zero-order valence-electron chi connectivity index (χ0n) is 44.7. The number of ether oxygens (including phenoxy) is 3. The first kappa shape index (κ1) is 64.4. The molecule has 390 valence electrons. The van der Waals surface area contributed by atoms with Crippen LogP contribution in [0.4, 0.5) is 0 Å². The fraction of sp³-hybridized carbons (Fsp3) is 0.820. The number of carbonyl (C=O) groups is 3. The highest BCUT2D eigenvalue weighted by Gasteiger charge is 2.19. The van der Waals surface area contributed by atoms with Crippen LogP contribution in [0.5, 0.6) is 0 Å². The van der Waals surface area contributed by atoms with Crippen molar-refractivity contribution in [2.24, 2.45) is 0 Å². The van der Waals surface area contributed by atoms with Crippen molar-refractivity contribution in [3.63, 3.8) is 0 Å². The van der Waals surface area contributed by atoms with Gasteiger partial charge in [0.25, 0.3) is 0 Å². The quantitative estimate of drug-likeness (QED) is 0.0262. The molecule has 6 heteroatoms. The largest absolute Gasteiger partial charge is 0.462 e. The zero-order chi connectivity index (χ0) is 48.6. The summed E-state index contributed by atoms with van der Waals surface area (Å²) in [5.74, 6) is -0.891. The summed E-state index contributed by atoms with van der Waals surface area (Å²) >= 11 is 0. The molecule has 1 unspecified atom stereocenters. The number of unbranched alkanes of at least 4 members (excludes halogenated alkanes) is 34. The van der Waals surface area contributed by atoms with Gasteiger partial charge in [0.1, 0.15) is 13.2 Å². The van der Waals surface area contributed by atoms with Crippen LogP contribution < -0.4 is 0 Å². The van der Waals surface area contributed by atoms with Crippen molar-refractivity contribution < 1.29 is 28.6 Å². The third-order valence-corrected chi connectivity index (χ3v) is 12.8. The lowest BCUT2D eigenvalue weighted by atomic mass is 10.0. The predicted octanol–water partition coefficient (Wildman–Crippen LogP) is 19.4. The lowest BCUT2D eigenvalue weighted by Gasteiger charge is -2.18. The smallest absolute Gasteiger partial charge is 0.306 e. The molecule has 67 heavy (non-hydrogen) atoms. The van der Waals surface area contributed by atoms with E-state index in [0.29, 0.717) is 19.3 Å². The third-order valence-electron chi connectivity index (χ3n) is 12.8. The van der Waals surface area contributed by atoms with Gasteiger partial charge < -0.3 is 14.2 Å². The van der Waals surface area contributed by atoms with Gasteiger partial charge in [-0.3, -0.25) is 14.4 Å². The molecular weight excluding hydrogens is 829 g/mol. The number of allylic oxidation sites excluding steroid dienone is 8. The van der Waals surface area contributed by atoms with Gasteiger partial charge in [0.15, 0.2) is 6.10 Å². The number of hydrogen-bond acceptors (Lipinski definition) is 6. The molecule has 0 aliphatic rings. The van der Waals surface area contributed by atoms with Gasteiger partial charge in [-0.1, -0.05) is 256 Å². The summed E-state index contributed by atoms with van der Waals surface area (Å²) in [4.78, 5) is 38.1. The molecule has 0 aliphatic heterocycles. The van der Waals surface area contributed by atoms with E-state index >= 15 is 0 Å². The highest BCUT2D eigenvalue weighted by atomic mass is 16.6. The highest BCUT2D eigenvalue weighted by Crippen LogP contribution is 2.17. The first-order chi connectivity index (χ1) is 33.0. The molecule has 0 spiro atoms. The van der Waals surface area contributed by atoms with Crippen LogP contribution in [-0.2, 0) is 28.6 Å². The standard InChI is InChI=1S/C61H110O6/c1-4-7-10-13-16-19-22-25-28-29-30-31-32-34-36-39-42-45-48-51-54-60(63)66-57-58(56-65-59(62)53-50-47-44-41-38-35-27-24-21-18-15-12-9-6-3)67-61(64)55-52-49-46-43-40-37-33-26-23-20-17-14-11-8-5-2/h8,11,17,20,24,26-27,33,58H,4-7,9-10,12-16,18-19,21-23,25,28-32,34-57H2,1-3H3/b11-8-,20-17-,27-24-,33-26-. The van der Waals surface area contributed by atoms with E-state index in [1.165, 1.54) is 161 Å². The minimum Gasteiger partial charge on any atom is -0.462 e. The van der Waals surface area contributed by atoms with Crippen LogP contribution in [0.3, 0.4) is 0 Å². The SMILES string of the molecule is CC/C=C\C/C=C\C/C=C\CCCCCCCC(=O)OC(COC(=O)CCCCCCC/C=C\CCCCCCC)COC(=O)CCCCCCCCCCCCCCCCCCCCCC. The van der Waals surface area contributed by atoms with Gasteiger partial charge in [0.05, 0.1) is 0 Å². The Bertz CT molecular complexity index is 1170. The second-order valence-electron chi connectivity index (χ2n) is 19.5. The molecule has 0 fully saturated rings. The van der Waals surface area contributed by atoms with Crippen LogP contribution in [0.2, 0.25) is 0 Å². The molecule has 0 heterocycles. The normalized spacial score (nSPS) is 12.3. The Morgan fingerprint density at radius 2 is 0.582 bits per heavy atom. The van der Waals surface area contributed by atoms with Gasteiger partial charge in [-0.25, -0.2) is 0 Å². The van der Waals surface area contributed by atoms with Crippen molar-refractivity contribution in [2.75, 3.05) is 13.2 Å². The second kappa shape index (κ2) is 56.0. The number of esters is 3. The van der Waals surface area contributed by atoms with Crippen molar-refractivity contribution in [3.8, 4) is 0 Å². The molecule has 0 saturated heterocycles. The average molecular weight is 940 g/mol. The van der Waals surface area contributed by atoms with Gasteiger partial charge in [-0.2, -0.15) is 0 Å². The van der Waals surface area contributed by atoms with Gasteiger partial charge in [0, 0.05) is 19.3 Å². The molecule has 6 nitrogen and oxygen atoms in total. The fourth-order valence-corrected chi connectivity index (χ4v) is 8.45. The minimum absolute atomic E-state index is 0.0798. The van der Waals surface area contributed by atoms with Crippen molar-refractivity contribution in [2.45, 2.75) is 309 Å². The Labute approximate surface area is 416 Å². The van der Waals surface area contributed by atoms with Crippen molar-refractivity contribution in [1.29, 1.82) is 0 Å². The zero-order valence-corrected chi connectivity index (χ0v) is 44.7. The van der Waals surface area contributed by atoms with Crippen LogP contribution in [-0.4, -0.2) is 37.2 Å². The second-order valence-corrected chi connectivity index (χ2v) is 19.5. The molecule has 0 rings (SSSR count). The van der Waals surface area contributed by atoms with Crippen molar-refractivity contribution in [3.05, 3.63) is 48.6 Å². The lowest BCUT2D eigenvalue weighted by molar-refractivity contribution is -0.167. The molecule has 0 saturated carbocycles. The maximum atomic E-state index is 12.8. The van der Waals surface area contributed by atoms with Gasteiger partial charge in [-0.05, 0) is 77.0 Å². The van der Waals surface area contributed by atoms with Crippen LogP contribution in [0.25, 0.3) is 0 Å². The summed E-state index contributed by atoms with van der Waals surface area (Å²) in [5, 5.41) is 0. The van der Waals surface area contributed by atoms with E-state index < -0.39 is 6.10 Å². The Kier molecular flexibility index (Phi) is 53.8. The van der Waals surface area contributed by atoms with Gasteiger partial charge in [-0.15, -0.1) is 0 Å². The molecule has 0 radical (unpaired) electrons. The molecule has 1 atom stereocenters. The highest BCUT2D eigenvalue weighted by molar-refractivity contribution is 5.71. The number of rotatable bonds is 53. The predicted molar refractivity (Wildman–Crippen MR) is 289 cm³/mol. The number of hydrogen-bond donors (Lipinski definition) is 0. The topological polar surface area (TPSA) is 78.9 Å². The molecule has 0 amide bonds. The Balaban J connectivity index is 4.33. The van der Waals surface area contributed by atoms with Crippen LogP contribution in [0, 0.1) is 0 Å². The van der Waals surface area contributed by atoms with Gasteiger partial charge >= 0.3 is 17.9 Å². The van der Waals surface area contributed by atoms with E-state index in [1.54, 1.807) is 0 Å². The minimum atomic E-state index is -0.783. The summed E-state index contributed by atoms with van der Waals surface area (Å²) in [7, 11) is 0. The maximum Gasteiger partial charge on any atom is 0.306 e. The van der Waals surface area contributed by atoms with E-state index in [-0.39, 0.29) is 31.1 Å².